The van der Waals surface area contributed by atoms with Crippen LogP contribution < -0.4 is 9.47 Å². The molecule has 0 atom stereocenters. The van der Waals surface area contributed by atoms with Crippen LogP contribution in [0.3, 0.4) is 0 Å². The molecule has 0 N–H and O–H groups in total. The number of esters is 1. The summed E-state index contributed by atoms with van der Waals surface area (Å²) in [4.78, 5) is 12.7. The average molecular weight is 374 g/mol. The molecule has 2 aromatic carbocycles. The van der Waals surface area contributed by atoms with Crippen molar-refractivity contribution >= 4 is 17.5 Å². The predicted octanol–water partition coefficient (Wildman–Crippen LogP) is 3.72. The zero-order valence-electron chi connectivity index (χ0n) is 14.1. The van der Waals surface area contributed by atoms with Gasteiger partial charge in [0, 0.05) is 11.1 Å². The summed E-state index contributed by atoms with van der Waals surface area (Å²) >= 11 is 0.924. The van der Waals surface area contributed by atoms with Gasteiger partial charge in [0.25, 0.3) is 0 Å². The van der Waals surface area contributed by atoms with E-state index in [4.69, 9.17) is 14.2 Å². The minimum absolute atomic E-state index is 0.0000352. The van der Waals surface area contributed by atoms with Crippen molar-refractivity contribution in [2.75, 3.05) is 14.2 Å². The number of hydrogen-bond acceptors (Lipinski definition) is 7. The second-order valence-corrected chi connectivity index (χ2v) is 5.94. The lowest BCUT2D eigenvalue weighted by molar-refractivity contribution is 0.0476. The summed E-state index contributed by atoms with van der Waals surface area (Å²) in [5.74, 6) is 0.117. The Hall–Kier alpha value is -3.00. The molecule has 0 radical (unpaired) electrons. The number of aromatic nitrogens is 2. The van der Waals surface area contributed by atoms with Crippen LogP contribution >= 0.6 is 11.5 Å². The van der Waals surface area contributed by atoms with E-state index in [1.807, 2.05) is 0 Å². The fraction of sp³-hybridized carbons (Fsp3) is 0.167. The number of carbonyl (C=O) groups is 1. The summed E-state index contributed by atoms with van der Waals surface area (Å²) in [5, 5.41) is 3.95. The summed E-state index contributed by atoms with van der Waals surface area (Å²) < 4.78 is 32.8. The Morgan fingerprint density at radius 3 is 2.58 bits per heavy atom. The van der Waals surface area contributed by atoms with Crippen LogP contribution in [0, 0.1) is 5.82 Å². The third-order valence-electron chi connectivity index (χ3n) is 3.63. The van der Waals surface area contributed by atoms with E-state index in [9.17, 15) is 9.18 Å². The largest absolute Gasteiger partial charge is 0.493 e. The van der Waals surface area contributed by atoms with Gasteiger partial charge in [-0.3, -0.25) is 0 Å². The number of benzene rings is 2. The number of ether oxygens (including phenoxy) is 3. The summed E-state index contributed by atoms with van der Waals surface area (Å²) in [5.41, 5.74) is 1.62. The maximum atomic E-state index is 13.1. The zero-order chi connectivity index (χ0) is 18.5. The van der Waals surface area contributed by atoms with Crippen molar-refractivity contribution in [1.29, 1.82) is 0 Å². The van der Waals surface area contributed by atoms with E-state index < -0.39 is 5.97 Å². The number of halogens is 1. The van der Waals surface area contributed by atoms with Gasteiger partial charge in [-0.2, -0.15) is 0 Å². The molecular formula is C18H15FN2O4S. The zero-order valence-corrected chi connectivity index (χ0v) is 14.9. The Labute approximate surface area is 153 Å². The Morgan fingerprint density at radius 1 is 1.12 bits per heavy atom. The van der Waals surface area contributed by atoms with Crippen molar-refractivity contribution in [3.63, 3.8) is 0 Å². The first kappa shape index (κ1) is 17.8. The fourth-order valence-corrected chi connectivity index (χ4v) is 2.98. The molecule has 3 rings (SSSR count). The van der Waals surface area contributed by atoms with Crippen molar-refractivity contribution in [3.8, 4) is 22.8 Å². The van der Waals surface area contributed by atoms with Crippen molar-refractivity contribution in [2.45, 2.75) is 6.61 Å². The van der Waals surface area contributed by atoms with Crippen LogP contribution in [0.1, 0.15) is 15.2 Å². The molecule has 0 bridgehead atoms. The van der Waals surface area contributed by atoms with Gasteiger partial charge in [0.2, 0.25) is 0 Å². The van der Waals surface area contributed by atoms with Gasteiger partial charge in [-0.25, -0.2) is 9.18 Å². The van der Waals surface area contributed by atoms with Crippen molar-refractivity contribution < 1.29 is 23.4 Å². The molecule has 0 spiro atoms. The molecule has 0 aliphatic rings. The quantitative estimate of drug-likeness (QED) is 0.613. The number of rotatable bonds is 6. The van der Waals surface area contributed by atoms with Crippen molar-refractivity contribution in [1.82, 2.24) is 9.59 Å². The molecule has 0 fully saturated rings. The highest BCUT2D eigenvalue weighted by Gasteiger charge is 2.20. The van der Waals surface area contributed by atoms with E-state index in [-0.39, 0.29) is 17.3 Å². The van der Waals surface area contributed by atoms with Crippen LogP contribution in [-0.2, 0) is 11.3 Å². The first-order valence-electron chi connectivity index (χ1n) is 7.59. The Balaban J connectivity index is 1.78. The predicted molar refractivity (Wildman–Crippen MR) is 94.0 cm³/mol. The number of hydrogen-bond donors (Lipinski definition) is 0. The number of nitrogens with zero attached hydrogens (tertiary/aromatic N) is 2. The van der Waals surface area contributed by atoms with Gasteiger partial charge in [-0.05, 0) is 41.9 Å². The second-order valence-electron chi connectivity index (χ2n) is 5.19. The Bertz CT molecular complexity index is 912. The van der Waals surface area contributed by atoms with Gasteiger partial charge in [0.05, 0.1) is 14.2 Å². The van der Waals surface area contributed by atoms with Crippen LogP contribution in [0.5, 0.6) is 11.5 Å². The maximum Gasteiger partial charge on any atom is 0.352 e. The molecule has 134 valence electrons. The molecule has 3 aromatic rings. The number of carbonyl (C=O) groups excluding carboxylic acids is 1. The summed E-state index contributed by atoms with van der Waals surface area (Å²) in [6, 6.07) is 11.0. The van der Waals surface area contributed by atoms with Gasteiger partial charge in [0.1, 0.15) is 18.1 Å². The maximum absolute atomic E-state index is 13.1. The molecular weight excluding hydrogens is 359 g/mol. The third kappa shape index (κ3) is 3.65. The molecule has 0 aliphatic carbocycles. The van der Waals surface area contributed by atoms with E-state index in [1.165, 1.54) is 38.5 Å². The molecule has 0 amide bonds. The summed E-state index contributed by atoms with van der Waals surface area (Å²) in [6.45, 7) is -0.0000352. The molecule has 8 heteroatoms. The van der Waals surface area contributed by atoms with E-state index >= 15 is 0 Å². The minimum atomic E-state index is -0.566. The molecule has 0 saturated carbocycles. The highest BCUT2D eigenvalue weighted by atomic mass is 32.1. The van der Waals surface area contributed by atoms with Crippen LogP contribution in [0.15, 0.2) is 42.5 Å². The van der Waals surface area contributed by atoms with Crippen LogP contribution in [0.2, 0.25) is 0 Å². The summed E-state index contributed by atoms with van der Waals surface area (Å²) in [7, 11) is 3.05. The van der Waals surface area contributed by atoms with Crippen LogP contribution in [0.4, 0.5) is 4.39 Å². The minimum Gasteiger partial charge on any atom is -0.493 e. The van der Waals surface area contributed by atoms with E-state index in [0.29, 0.717) is 28.3 Å². The standard InChI is InChI=1S/C18H15FN2O4S/c1-23-14-5-3-4-12(16(14)24-2)10-25-18(22)17-15(20-21-26-17)11-6-8-13(19)9-7-11/h3-9H,10H2,1-2H3. The molecule has 0 unspecified atom stereocenters. The number of methoxy groups -OCH3 is 2. The summed E-state index contributed by atoms with van der Waals surface area (Å²) in [6.07, 6.45) is 0. The van der Waals surface area contributed by atoms with Gasteiger partial charge < -0.3 is 14.2 Å². The van der Waals surface area contributed by atoms with Gasteiger partial charge in [-0.15, -0.1) is 5.10 Å². The third-order valence-corrected chi connectivity index (χ3v) is 4.34. The molecule has 1 aromatic heterocycles. The first-order chi connectivity index (χ1) is 12.6. The van der Waals surface area contributed by atoms with E-state index in [2.05, 4.69) is 9.59 Å². The van der Waals surface area contributed by atoms with Crippen molar-refractivity contribution in [2.24, 2.45) is 0 Å². The molecule has 1 heterocycles. The normalized spacial score (nSPS) is 10.4. The molecule has 0 saturated heterocycles. The lowest BCUT2D eigenvalue weighted by atomic mass is 10.1. The van der Waals surface area contributed by atoms with Crippen molar-refractivity contribution in [3.05, 3.63) is 58.7 Å². The van der Waals surface area contributed by atoms with Gasteiger partial charge in [-0.1, -0.05) is 16.6 Å². The molecule has 0 aliphatic heterocycles. The monoisotopic (exact) mass is 374 g/mol. The highest BCUT2D eigenvalue weighted by Crippen LogP contribution is 2.31. The number of para-hydroxylation sites is 1. The van der Waals surface area contributed by atoms with Crippen LogP contribution in [-0.4, -0.2) is 29.8 Å². The van der Waals surface area contributed by atoms with Gasteiger partial charge >= 0.3 is 5.97 Å². The first-order valence-corrected chi connectivity index (χ1v) is 8.36. The van der Waals surface area contributed by atoms with E-state index in [0.717, 1.165) is 11.5 Å². The smallest absolute Gasteiger partial charge is 0.352 e. The van der Waals surface area contributed by atoms with Gasteiger partial charge in [0.15, 0.2) is 16.4 Å². The topological polar surface area (TPSA) is 70.5 Å². The fourth-order valence-electron chi connectivity index (χ4n) is 2.40. The Kier molecular flexibility index (Phi) is 5.43. The highest BCUT2D eigenvalue weighted by molar-refractivity contribution is 7.08. The molecule has 26 heavy (non-hydrogen) atoms. The lowest BCUT2D eigenvalue weighted by Crippen LogP contribution is -2.06. The lowest BCUT2D eigenvalue weighted by Gasteiger charge is -2.12. The SMILES string of the molecule is COc1cccc(COC(=O)c2snnc2-c2ccc(F)cc2)c1OC. The second kappa shape index (κ2) is 7.92. The molecule has 6 nitrogen and oxygen atoms in total. The Morgan fingerprint density at radius 2 is 1.88 bits per heavy atom. The average Bonchev–Trinajstić information content (AvgIpc) is 3.16. The van der Waals surface area contributed by atoms with E-state index in [1.54, 1.807) is 18.2 Å². The van der Waals surface area contributed by atoms with Crippen LogP contribution in [0.25, 0.3) is 11.3 Å².